The Balaban J connectivity index is 0.000000599. The first-order valence-corrected chi connectivity index (χ1v) is 11.8. The molecule has 1 aliphatic heterocycles. The van der Waals surface area contributed by atoms with E-state index in [1.807, 2.05) is 47.4 Å². The van der Waals surface area contributed by atoms with Crippen LogP contribution in [0.25, 0.3) is 0 Å². The van der Waals surface area contributed by atoms with Crippen LogP contribution in [0, 0.1) is 0 Å². The summed E-state index contributed by atoms with van der Waals surface area (Å²) in [6.07, 6.45) is 0. The Hall–Kier alpha value is -4.57. The minimum absolute atomic E-state index is 0.000100. The number of para-hydroxylation sites is 1. The van der Waals surface area contributed by atoms with E-state index in [1.165, 1.54) is 5.56 Å². The van der Waals surface area contributed by atoms with Gasteiger partial charge >= 0.3 is 11.9 Å². The predicted molar refractivity (Wildman–Crippen MR) is 139 cm³/mol. The lowest BCUT2D eigenvalue weighted by atomic mass is 10.1. The van der Waals surface area contributed by atoms with E-state index in [0.717, 1.165) is 31.1 Å². The molecule has 38 heavy (non-hydrogen) atoms. The van der Waals surface area contributed by atoms with Crippen LogP contribution in [0.2, 0.25) is 0 Å². The summed E-state index contributed by atoms with van der Waals surface area (Å²) in [6.45, 7) is 3.81. The molecule has 2 N–H and O–H groups in total. The van der Waals surface area contributed by atoms with Crippen molar-refractivity contribution in [3.05, 3.63) is 83.9 Å². The molecule has 4 rings (SSSR count). The molecule has 0 aliphatic carbocycles. The van der Waals surface area contributed by atoms with Crippen molar-refractivity contribution in [3.63, 3.8) is 0 Å². The second-order valence-electron chi connectivity index (χ2n) is 8.34. The predicted octanol–water partition coefficient (Wildman–Crippen LogP) is 3.61. The number of carboxylic acid groups (broad SMARTS) is 2. The Morgan fingerprint density at radius 3 is 1.84 bits per heavy atom. The molecular formula is C28H30N2O8. The van der Waals surface area contributed by atoms with Gasteiger partial charge in [0.25, 0.3) is 5.91 Å². The summed E-state index contributed by atoms with van der Waals surface area (Å²) in [5.74, 6) is -0.765. The van der Waals surface area contributed by atoms with Gasteiger partial charge < -0.3 is 29.3 Å². The van der Waals surface area contributed by atoms with Crippen LogP contribution in [0.4, 0.5) is 0 Å². The van der Waals surface area contributed by atoms with Crippen molar-refractivity contribution < 1.29 is 38.8 Å². The molecule has 10 nitrogen and oxygen atoms in total. The minimum atomic E-state index is -1.82. The molecule has 0 radical (unpaired) electrons. The summed E-state index contributed by atoms with van der Waals surface area (Å²) in [5, 5.41) is 14.8. The highest BCUT2D eigenvalue weighted by Gasteiger charge is 2.23. The fraction of sp³-hybridized carbons (Fsp3) is 0.250. The van der Waals surface area contributed by atoms with Crippen molar-refractivity contribution in [1.29, 1.82) is 0 Å². The Morgan fingerprint density at radius 2 is 1.29 bits per heavy atom. The number of carboxylic acids is 2. The van der Waals surface area contributed by atoms with E-state index in [-0.39, 0.29) is 5.91 Å². The number of nitrogens with zero attached hydrogens (tertiary/aromatic N) is 2. The zero-order chi connectivity index (χ0) is 27.5. The number of carbonyl (C=O) groups excluding carboxylic acids is 1. The molecule has 0 atom stereocenters. The first-order valence-electron chi connectivity index (χ1n) is 11.8. The second kappa shape index (κ2) is 13.7. The lowest BCUT2D eigenvalue weighted by Crippen LogP contribution is -2.48. The monoisotopic (exact) mass is 522 g/mol. The third-order valence-electron chi connectivity index (χ3n) is 5.72. The van der Waals surface area contributed by atoms with Crippen LogP contribution in [0.15, 0.2) is 72.8 Å². The molecule has 3 aromatic rings. The van der Waals surface area contributed by atoms with Crippen molar-refractivity contribution in [2.45, 2.75) is 6.54 Å². The topological polar surface area (TPSA) is 126 Å². The van der Waals surface area contributed by atoms with Gasteiger partial charge in [-0.25, -0.2) is 9.59 Å². The molecule has 200 valence electrons. The maximum atomic E-state index is 13.0. The number of piperazine rings is 1. The van der Waals surface area contributed by atoms with E-state index in [4.69, 9.17) is 34.0 Å². The van der Waals surface area contributed by atoms with Crippen molar-refractivity contribution in [3.8, 4) is 23.0 Å². The summed E-state index contributed by atoms with van der Waals surface area (Å²) in [6, 6.07) is 23.2. The molecule has 0 unspecified atom stereocenters. The number of amides is 1. The van der Waals surface area contributed by atoms with Gasteiger partial charge in [0.15, 0.2) is 0 Å². The van der Waals surface area contributed by atoms with Crippen LogP contribution in [0.3, 0.4) is 0 Å². The van der Waals surface area contributed by atoms with Crippen LogP contribution in [0.5, 0.6) is 23.0 Å². The van der Waals surface area contributed by atoms with Crippen molar-refractivity contribution in [1.82, 2.24) is 9.80 Å². The first-order chi connectivity index (χ1) is 18.3. The van der Waals surface area contributed by atoms with E-state index < -0.39 is 11.9 Å². The largest absolute Gasteiger partial charge is 0.497 e. The number of rotatable bonds is 7. The zero-order valence-electron chi connectivity index (χ0n) is 21.2. The lowest BCUT2D eigenvalue weighted by Gasteiger charge is -2.35. The quantitative estimate of drug-likeness (QED) is 0.448. The van der Waals surface area contributed by atoms with Crippen LogP contribution >= 0.6 is 0 Å². The highest BCUT2D eigenvalue weighted by Crippen LogP contribution is 2.25. The molecule has 1 saturated heterocycles. The SMILES string of the molecule is COc1cc(OC)cc(C(=O)N2CCN(Cc3cccc(Oc4ccccc4)c3)CC2)c1.O=C(O)C(=O)O. The van der Waals surface area contributed by atoms with E-state index in [1.54, 1.807) is 32.4 Å². The average molecular weight is 523 g/mol. The number of methoxy groups -OCH3 is 2. The second-order valence-corrected chi connectivity index (χ2v) is 8.34. The summed E-state index contributed by atoms with van der Waals surface area (Å²) in [4.78, 5) is 35.4. The van der Waals surface area contributed by atoms with Gasteiger partial charge in [0, 0.05) is 44.4 Å². The fourth-order valence-corrected chi connectivity index (χ4v) is 3.81. The molecule has 1 aliphatic rings. The van der Waals surface area contributed by atoms with E-state index in [9.17, 15) is 4.79 Å². The molecule has 1 amide bonds. The van der Waals surface area contributed by atoms with Gasteiger partial charge in [-0.1, -0.05) is 30.3 Å². The van der Waals surface area contributed by atoms with Gasteiger partial charge in [0.05, 0.1) is 14.2 Å². The molecular weight excluding hydrogens is 492 g/mol. The summed E-state index contributed by atoms with van der Waals surface area (Å²) in [5.41, 5.74) is 1.77. The first kappa shape index (κ1) is 28.0. The molecule has 3 aromatic carbocycles. The lowest BCUT2D eigenvalue weighted by molar-refractivity contribution is -0.159. The van der Waals surface area contributed by atoms with Gasteiger partial charge in [0.1, 0.15) is 23.0 Å². The van der Waals surface area contributed by atoms with Crippen LogP contribution < -0.4 is 14.2 Å². The fourth-order valence-electron chi connectivity index (χ4n) is 3.81. The molecule has 0 bridgehead atoms. The minimum Gasteiger partial charge on any atom is -0.497 e. The van der Waals surface area contributed by atoms with Crippen molar-refractivity contribution in [2.24, 2.45) is 0 Å². The van der Waals surface area contributed by atoms with Gasteiger partial charge in [-0.2, -0.15) is 0 Å². The number of aliphatic carboxylic acids is 2. The van der Waals surface area contributed by atoms with E-state index in [0.29, 0.717) is 30.2 Å². The third-order valence-corrected chi connectivity index (χ3v) is 5.72. The van der Waals surface area contributed by atoms with E-state index >= 15 is 0 Å². The van der Waals surface area contributed by atoms with Gasteiger partial charge in [-0.3, -0.25) is 9.69 Å². The number of ether oxygens (including phenoxy) is 3. The van der Waals surface area contributed by atoms with Gasteiger partial charge in [0.2, 0.25) is 0 Å². The molecule has 1 heterocycles. The number of benzene rings is 3. The van der Waals surface area contributed by atoms with Gasteiger partial charge in [-0.15, -0.1) is 0 Å². The Morgan fingerprint density at radius 1 is 0.711 bits per heavy atom. The summed E-state index contributed by atoms with van der Waals surface area (Å²) in [7, 11) is 3.17. The van der Waals surface area contributed by atoms with Gasteiger partial charge in [-0.05, 0) is 42.0 Å². The zero-order valence-corrected chi connectivity index (χ0v) is 21.2. The average Bonchev–Trinajstić information content (AvgIpc) is 2.94. The smallest absolute Gasteiger partial charge is 0.414 e. The highest BCUT2D eigenvalue weighted by molar-refractivity contribution is 6.27. The van der Waals surface area contributed by atoms with Crippen molar-refractivity contribution >= 4 is 17.8 Å². The molecule has 1 fully saturated rings. The number of hydrogen-bond acceptors (Lipinski definition) is 7. The molecule has 0 spiro atoms. The maximum absolute atomic E-state index is 13.0. The van der Waals surface area contributed by atoms with Crippen LogP contribution in [0.1, 0.15) is 15.9 Å². The molecule has 0 saturated carbocycles. The van der Waals surface area contributed by atoms with Crippen molar-refractivity contribution in [2.75, 3.05) is 40.4 Å². The van der Waals surface area contributed by atoms with Crippen LogP contribution in [-0.4, -0.2) is 78.3 Å². The summed E-state index contributed by atoms with van der Waals surface area (Å²) < 4.78 is 16.5. The Kier molecular flexibility index (Phi) is 10.1. The Bertz CT molecular complexity index is 1210. The number of carbonyl (C=O) groups is 3. The Labute approximate surface area is 220 Å². The summed E-state index contributed by atoms with van der Waals surface area (Å²) >= 11 is 0. The maximum Gasteiger partial charge on any atom is 0.414 e. The van der Waals surface area contributed by atoms with E-state index in [2.05, 4.69) is 17.0 Å². The normalized spacial score (nSPS) is 13.1. The standard InChI is InChI=1S/C26H28N2O4.C2H2O4/c1-30-24-16-21(17-25(18-24)31-2)26(29)28-13-11-27(12-14-28)19-20-7-6-10-23(15-20)32-22-8-4-3-5-9-22;3-1(4)2(5)6/h3-10,15-18H,11-14,19H2,1-2H3;(H,3,4)(H,5,6). The number of hydrogen-bond donors (Lipinski definition) is 2. The molecule has 10 heteroatoms. The highest BCUT2D eigenvalue weighted by atomic mass is 16.5. The third kappa shape index (κ3) is 8.24. The molecule has 0 aromatic heterocycles. The van der Waals surface area contributed by atoms with Crippen LogP contribution in [-0.2, 0) is 16.1 Å².